The topological polar surface area (TPSA) is 77.8 Å². The van der Waals surface area contributed by atoms with Crippen LogP contribution >= 0.6 is 23.4 Å². The lowest BCUT2D eigenvalue weighted by atomic mass is 10.2. The number of anilines is 1. The van der Waals surface area contributed by atoms with Crippen LogP contribution in [0.3, 0.4) is 0 Å². The Morgan fingerprint density at radius 2 is 2.05 bits per heavy atom. The molecule has 5 nitrogen and oxygen atoms in total. The summed E-state index contributed by atoms with van der Waals surface area (Å²) in [5.74, 6) is 1.47. The number of nitrogen functional groups attached to an aromatic ring is 1. The zero-order valence-electron chi connectivity index (χ0n) is 10.9. The first-order valence-corrected chi connectivity index (χ1v) is 7.50. The van der Waals surface area contributed by atoms with Gasteiger partial charge in [0.05, 0.1) is 28.2 Å². The first kappa shape index (κ1) is 13.9. The second kappa shape index (κ2) is 6.15. The van der Waals surface area contributed by atoms with Crippen molar-refractivity contribution in [2.45, 2.75) is 10.6 Å². The number of rotatable bonds is 4. The summed E-state index contributed by atoms with van der Waals surface area (Å²) >= 11 is 7.62. The summed E-state index contributed by atoms with van der Waals surface area (Å²) in [6, 6.07) is 9.20. The predicted octanol–water partition coefficient (Wildman–Crippen LogP) is 3.66. The van der Waals surface area contributed by atoms with Gasteiger partial charge in [-0.25, -0.2) is 0 Å². The summed E-state index contributed by atoms with van der Waals surface area (Å²) in [4.78, 5) is 4.88. The molecule has 7 heteroatoms. The van der Waals surface area contributed by atoms with Crippen molar-refractivity contribution in [3.05, 3.63) is 53.6 Å². The molecule has 1 aromatic carbocycles. The lowest BCUT2D eigenvalue weighted by Gasteiger charge is -2.01. The van der Waals surface area contributed by atoms with Crippen LogP contribution in [-0.4, -0.2) is 15.2 Å². The Morgan fingerprint density at radius 3 is 2.86 bits per heavy atom. The molecule has 0 saturated heterocycles. The van der Waals surface area contributed by atoms with Crippen LogP contribution in [0, 0.1) is 0 Å². The standard InChI is InChI=1S/C14H11ClN4OS/c15-10-4-2-1-3-9(10)14-19-18-13(20-14)8-21-12-5-6-17-7-11(12)16/h1-7H,8,16H2. The predicted molar refractivity (Wildman–Crippen MR) is 83.0 cm³/mol. The summed E-state index contributed by atoms with van der Waals surface area (Å²) in [6.45, 7) is 0. The van der Waals surface area contributed by atoms with Crippen molar-refractivity contribution >= 4 is 29.1 Å². The van der Waals surface area contributed by atoms with Crippen LogP contribution in [0.25, 0.3) is 11.5 Å². The quantitative estimate of drug-likeness (QED) is 0.740. The molecule has 0 aliphatic carbocycles. The van der Waals surface area contributed by atoms with E-state index in [4.69, 9.17) is 21.8 Å². The lowest BCUT2D eigenvalue weighted by Crippen LogP contribution is -1.89. The Kier molecular flexibility index (Phi) is 4.08. The van der Waals surface area contributed by atoms with Crippen LogP contribution in [0.2, 0.25) is 5.02 Å². The third-order valence-electron chi connectivity index (χ3n) is 2.73. The molecule has 0 fully saturated rings. The Labute approximate surface area is 130 Å². The lowest BCUT2D eigenvalue weighted by molar-refractivity contribution is 0.528. The van der Waals surface area contributed by atoms with Gasteiger partial charge in [0.25, 0.3) is 0 Å². The van der Waals surface area contributed by atoms with Crippen LogP contribution in [-0.2, 0) is 5.75 Å². The van der Waals surface area contributed by atoms with Crippen molar-refractivity contribution in [3.63, 3.8) is 0 Å². The number of nitrogens with two attached hydrogens (primary N) is 1. The highest BCUT2D eigenvalue weighted by atomic mass is 35.5. The molecule has 0 aliphatic heterocycles. The fourth-order valence-corrected chi connectivity index (χ4v) is 2.71. The molecule has 2 heterocycles. The Bertz CT molecular complexity index is 762. The van der Waals surface area contributed by atoms with Gasteiger partial charge in [0.15, 0.2) is 0 Å². The normalized spacial score (nSPS) is 10.7. The van der Waals surface area contributed by atoms with Crippen molar-refractivity contribution < 1.29 is 4.42 Å². The first-order chi connectivity index (χ1) is 10.2. The van der Waals surface area contributed by atoms with E-state index in [2.05, 4.69) is 15.2 Å². The van der Waals surface area contributed by atoms with Crippen molar-refractivity contribution in [3.8, 4) is 11.5 Å². The molecule has 0 radical (unpaired) electrons. The van der Waals surface area contributed by atoms with Gasteiger partial charge in [0, 0.05) is 11.1 Å². The van der Waals surface area contributed by atoms with E-state index in [0.717, 1.165) is 10.5 Å². The van der Waals surface area contributed by atoms with Gasteiger partial charge >= 0.3 is 0 Å². The first-order valence-electron chi connectivity index (χ1n) is 6.13. The average Bonchev–Trinajstić information content (AvgIpc) is 2.96. The van der Waals surface area contributed by atoms with Crippen molar-refractivity contribution in [2.24, 2.45) is 0 Å². The van der Waals surface area contributed by atoms with E-state index in [1.54, 1.807) is 18.5 Å². The molecule has 0 amide bonds. The zero-order valence-corrected chi connectivity index (χ0v) is 12.4. The molecule has 0 atom stereocenters. The Balaban J connectivity index is 1.74. The van der Waals surface area contributed by atoms with Gasteiger partial charge in [-0.1, -0.05) is 23.7 Å². The molecular formula is C14H11ClN4OS. The molecule has 2 aromatic heterocycles. The number of pyridine rings is 1. The van der Waals surface area contributed by atoms with Gasteiger partial charge in [-0.3, -0.25) is 4.98 Å². The maximum atomic E-state index is 6.11. The van der Waals surface area contributed by atoms with Crippen molar-refractivity contribution in [2.75, 3.05) is 5.73 Å². The smallest absolute Gasteiger partial charge is 0.249 e. The molecule has 0 spiro atoms. The molecule has 0 aliphatic rings. The Hall–Kier alpha value is -2.05. The number of benzene rings is 1. The summed E-state index contributed by atoms with van der Waals surface area (Å²) in [6.07, 6.45) is 3.31. The number of hydrogen-bond donors (Lipinski definition) is 1. The number of thioether (sulfide) groups is 1. The molecule has 3 rings (SSSR count). The number of hydrogen-bond acceptors (Lipinski definition) is 6. The Morgan fingerprint density at radius 1 is 1.19 bits per heavy atom. The summed E-state index contributed by atoms with van der Waals surface area (Å²) < 4.78 is 5.63. The summed E-state index contributed by atoms with van der Waals surface area (Å²) in [5.41, 5.74) is 7.19. The summed E-state index contributed by atoms with van der Waals surface area (Å²) in [5, 5.41) is 8.63. The van der Waals surface area contributed by atoms with Gasteiger partial charge in [-0.2, -0.15) is 0 Å². The monoisotopic (exact) mass is 318 g/mol. The van der Waals surface area contributed by atoms with E-state index in [1.807, 2.05) is 24.3 Å². The van der Waals surface area contributed by atoms with Gasteiger partial charge in [0.2, 0.25) is 11.8 Å². The van der Waals surface area contributed by atoms with E-state index in [0.29, 0.717) is 28.2 Å². The minimum Gasteiger partial charge on any atom is -0.420 e. The summed E-state index contributed by atoms with van der Waals surface area (Å²) in [7, 11) is 0. The fourth-order valence-electron chi connectivity index (χ4n) is 1.72. The third-order valence-corrected chi connectivity index (χ3v) is 4.14. The second-order valence-electron chi connectivity index (χ2n) is 4.18. The van der Waals surface area contributed by atoms with E-state index >= 15 is 0 Å². The SMILES string of the molecule is Nc1cnccc1SCc1nnc(-c2ccccc2Cl)o1. The average molecular weight is 319 g/mol. The van der Waals surface area contributed by atoms with Crippen LogP contribution in [0.4, 0.5) is 5.69 Å². The highest BCUT2D eigenvalue weighted by Crippen LogP contribution is 2.29. The number of aromatic nitrogens is 3. The van der Waals surface area contributed by atoms with E-state index in [-0.39, 0.29) is 0 Å². The molecule has 0 saturated carbocycles. The maximum Gasteiger partial charge on any atom is 0.249 e. The van der Waals surface area contributed by atoms with Gasteiger partial charge in [-0.05, 0) is 18.2 Å². The van der Waals surface area contributed by atoms with Crippen LogP contribution < -0.4 is 5.73 Å². The molecule has 3 aromatic rings. The molecule has 106 valence electrons. The third kappa shape index (κ3) is 3.17. The highest BCUT2D eigenvalue weighted by Gasteiger charge is 2.12. The number of nitrogens with zero attached hydrogens (tertiary/aromatic N) is 3. The van der Waals surface area contributed by atoms with E-state index in [9.17, 15) is 0 Å². The zero-order chi connectivity index (χ0) is 14.7. The molecule has 0 unspecified atom stereocenters. The number of halogens is 1. The van der Waals surface area contributed by atoms with Crippen molar-refractivity contribution in [1.29, 1.82) is 0 Å². The second-order valence-corrected chi connectivity index (χ2v) is 5.61. The molecule has 2 N–H and O–H groups in total. The van der Waals surface area contributed by atoms with Crippen LogP contribution in [0.15, 0.2) is 52.0 Å². The van der Waals surface area contributed by atoms with Gasteiger partial charge in [0.1, 0.15) is 0 Å². The van der Waals surface area contributed by atoms with E-state index < -0.39 is 0 Å². The van der Waals surface area contributed by atoms with Gasteiger partial charge in [-0.15, -0.1) is 22.0 Å². The molecular weight excluding hydrogens is 308 g/mol. The molecule has 0 bridgehead atoms. The van der Waals surface area contributed by atoms with E-state index in [1.165, 1.54) is 11.8 Å². The van der Waals surface area contributed by atoms with Crippen LogP contribution in [0.5, 0.6) is 0 Å². The fraction of sp³-hybridized carbons (Fsp3) is 0.0714. The van der Waals surface area contributed by atoms with Crippen LogP contribution in [0.1, 0.15) is 5.89 Å². The molecule has 21 heavy (non-hydrogen) atoms. The largest absolute Gasteiger partial charge is 0.420 e. The highest BCUT2D eigenvalue weighted by molar-refractivity contribution is 7.98. The maximum absolute atomic E-state index is 6.11. The van der Waals surface area contributed by atoms with Crippen molar-refractivity contribution in [1.82, 2.24) is 15.2 Å². The minimum atomic E-state index is 0.416. The minimum absolute atomic E-state index is 0.416. The van der Waals surface area contributed by atoms with Gasteiger partial charge < -0.3 is 10.2 Å².